The highest BCUT2D eigenvalue weighted by molar-refractivity contribution is 6.14. The molecular formula is C24H8N4O2. The molecule has 0 fully saturated rings. The van der Waals surface area contributed by atoms with Crippen molar-refractivity contribution in [3.63, 3.8) is 0 Å². The molecule has 0 amide bonds. The molecule has 0 N–H and O–H groups in total. The van der Waals surface area contributed by atoms with Gasteiger partial charge in [0.25, 0.3) is 0 Å². The molecule has 0 unspecified atom stereocenters. The van der Waals surface area contributed by atoms with Gasteiger partial charge in [0, 0.05) is 10.8 Å². The smallest absolute Gasteiger partial charge is 0.303 e. The van der Waals surface area contributed by atoms with Crippen LogP contribution in [-0.4, -0.2) is 0 Å². The molecule has 0 saturated heterocycles. The number of nitriles is 3. The summed E-state index contributed by atoms with van der Waals surface area (Å²) < 4.78 is 11.5. The number of hydrogen-bond acceptors (Lipinski definition) is 5. The molecule has 2 aromatic heterocycles. The molecule has 5 aromatic rings. The van der Waals surface area contributed by atoms with Crippen LogP contribution >= 0.6 is 0 Å². The molecule has 136 valence electrons. The minimum Gasteiger partial charge on any atom is -0.467 e. The van der Waals surface area contributed by atoms with E-state index in [4.69, 9.17) is 31.2 Å². The van der Waals surface area contributed by atoms with E-state index >= 15 is 0 Å². The average Bonchev–Trinajstić information content (AvgIpc) is 3.35. The van der Waals surface area contributed by atoms with Crippen LogP contribution in [0.25, 0.3) is 59.6 Å². The zero-order chi connectivity index (χ0) is 20.8. The van der Waals surface area contributed by atoms with Gasteiger partial charge in [-0.1, -0.05) is 12.1 Å². The Morgan fingerprint density at radius 3 is 1.73 bits per heavy atom. The van der Waals surface area contributed by atoms with Gasteiger partial charge < -0.3 is 8.83 Å². The number of rotatable bonds is 0. The van der Waals surface area contributed by atoms with Gasteiger partial charge in [-0.2, -0.15) is 10.5 Å². The summed E-state index contributed by atoms with van der Waals surface area (Å²) in [6.07, 6.45) is 0. The molecule has 6 nitrogen and oxygen atoms in total. The Morgan fingerprint density at radius 1 is 0.700 bits per heavy atom. The summed E-state index contributed by atoms with van der Waals surface area (Å²) in [6, 6.07) is 20.6. The highest BCUT2D eigenvalue weighted by atomic mass is 16.3. The first-order valence-corrected chi connectivity index (χ1v) is 8.81. The monoisotopic (exact) mass is 384 g/mol. The van der Waals surface area contributed by atoms with Gasteiger partial charge in [0.1, 0.15) is 28.7 Å². The fourth-order valence-electron chi connectivity index (χ4n) is 3.64. The van der Waals surface area contributed by atoms with Gasteiger partial charge >= 0.3 is 5.70 Å². The zero-order valence-electron chi connectivity index (χ0n) is 15.2. The van der Waals surface area contributed by atoms with Crippen molar-refractivity contribution in [1.29, 1.82) is 15.8 Å². The molecule has 0 saturated carbocycles. The van der Waals surface area contributed by atoms with Gasteiger partial charge in [-0.05, 0) is 57.9 Å². The number of benzene rings is 3. The normalized spacial score (nSPS) is 11.7. The van der Waals surface area contributed by atoms with Crippen LogP contribution in [0.15, 0.2) is 57.4 Å². The van der Waals surface area contributed by atoms with Crippen molar-refractivity contribution in [3.8, 4) is 18.2 Å². The third kappa shape index (κ3) is 2.40. The maximum absolute atomic E-state index is 9.10. The van der Waals surface area contributed by atoms with E-state index in [1.807, 2.05) is 54.6 Å². The summed E-state index contributed by atoms with van der Waals surface area (Å²) in [7, 11) is 0. The predicted molar refractivity (Wildman–Crippen MR) is 111 cm³/mol. The first-order valence-electron chi connectivity index (χ1n) is 8.81. The van der Waals surface area contributed by atoms with Gasteiger partial charge in [-0.3, -0.25) is 0 Å². The fraction of sp³-hybridized carbons (Fsp3) is 0. The van der Waals surface area contributed by atoms with Crippen molar-refractivity contribution in [2.75, 3.05) is 0 Å². The van der Waals surface area contributed by atoms with E-state index in [0.29, 0.717) is 11.2 Å². The van der Waals surface area contributed by atoms with Crippen molar-refractivity contribution >= 4 is 54.8 Å². The standard InChI is InChI=1S/C24H8N4O2/c1-28-20(12-27)24-7-16-5-14-3-2-13-4-15-6-21(17(10-25)11-26)29-22(15)8-18(13)19(14)9-23(16)30-24/h2-9H/b24-20+. The Morgan fingerprint density at radius 2 is 1.23 bits per heavy atom. The maximum atomic E-state index is 9.10. The van der Waals surface area contributed by atoms with E-state index in [1.165, 1.54) is 0 Å². The number of fused-ring (bicyclic) bond motifs is 5. The summed E-state index contributed by atoms with van der Waals surface area (Å²) in [5, 5.41) is 32.7. The lowest BCUT2D eigenvalue weighted by Gasteiger charge is -2.04. The number of hydrogen-bond donors (Lipinski definition) is 0. The lowest BCUT2D eigenvalue weighted by atomic mass is 9.99. The first kappa shape index (κ1) is 17.1. The van der Waals surface area contributed by atoms with E-state index in [-0.39, 0.29) is 22.1 Å². The first-order chi connectivity index (χ1) is 14.6. The lowest BCUT2D eigenvalue weighted by molar-refractivity contribution is 0.577. The molecule has 2 heterocycles. The molecule has 0 aliphatic rings. The molecule has 3 aromatic carbocycles. The SMILES string of the molecule is [C-]#[N+]/C(C#N)=c1\cc2cc3ccc4cc5cc(=C(C#N)C#N)oc5cc4c3cc2o1. The second-order valence-electron chi connectivity index (χ2n) is 6.68. The van der Waals surface area contributed by atoms with Crippen LogP contribution in [-0.2, 0) is 0 Å². The van der Waals surface area contributed by atoms with Crippen molar-refractivity contribution in [2.24, 2.45) is 0 Å². The van der Waals surface area contributed by atoms with Crippen LogP contribution in [0.3, 0.4) is 0 Å². The summed E-state index contributed by atoms with van der Waals surface area (Å²) in [6.45, 7) is 7.11. The van der Waals surface area contributed by atoms with E-state index in [9.17, 15) is 0 Å². The Bertz CT molecular complexity index is 1670. The molecule has 0 radical (unpaired) electrons. The quantitative estimate of drug-likeness (QED) is 0.294. The van der Waals surface area contributed by atoms with Gasteiger partial charge in [0.05, 0.1) is 12.6 Å². The molecule has 5 rings (SSSR count). The second-order valence-corrected chi connectivity index (χ2v) is 6.68. The summed E-state index contributed by atoms with van der Waals surface area (Å²) >= 11 is 0. The van der Waals surface area contributed by atoms with Crippen molar-refractivity contribution in [1.82, 2.24) is 0 Å². The van der Waals surface area contributed by atoms with E-state index in [2.05, 4.69) is 4.85 Å². The van der Waals surface area contributed by atoms with Crippen molar-refractivity contribution in [3.05, 3.63) is 70.8 Å². The Labute approximate surface area is 168 Å². The second kappa shape index (κ2) is 6.25. The minimum absolute atomic E-state index is 0.0747. The van der Waals surface area contributed by atoms with Gasteiger partial charge in [-0.15, -0.1) is 0 Å². The largest absolute Gasteiger partial charge is 0.467 e. The molecule has 6 heteroatoms. The number of nitrogens with zero attached hydrogens (tertiary/aromatic N) is 4. The van der Waals surface area contributed by atoms with Crippen LogP contribution in [0.1, 0.15) is 0 Å². The van der Waals surface area contributed by atoms with Crippen LogP contribution in [0.2, 0.25) is 0 Å². The van der Waals surface area contributed by atoms with E-state index < -0.39 is 0 Å². The minimum atomic E-state index is -0.0908. The van der Waals surface area contributed by atoms with Gasteiger partial charge in [0.2, 0.25) is 0 Å². The van der Waals surface area contributed by atoms with Crippen LogP contribution < -0.4 is 10.8 Å². The van der Waals surface area contributed by atoms with Crippen LogP contribution in [0, 0.1) is 40.6 Å². The molecule has 0 spiro atoms. The topological polar surface area (TPSA) is 102 Å². The van der Waals surface area contributed by atoms with Crippen molar-refractivity contribution in [2.45, 2.75) is 0 Å². The van der Waals surface area contributed by atoms with E-state index in [0.717, 1.165) is 32.3 Å². The third-order valence-corrected chi connectivity index (χ3v) is 5.03. The highest BCUT2D eigenvalue weighted by Crippen LogP contribution is 2.32. The summed E-state index contributed by atoms with van der Waals surface area (Å²) in [5.74, 6) is 0. The van der Waals surface area contributed by atoms with Crippen LogP contribution in [0.5, 0.6) is 0 Å². The maximum Gasteiger partial charge on any atom is 0.303 e. The van der Waals surface area contributed by atoms with Crippen LogP contribution in [0.4, 0.5) is 0 Å². The molecule has 0 aliphatic heterocycles. The molecular weight excluding hydrogens is 376 g/mol. The van der Waals surface area contributed by atoms with E-state index in [1.54, 1.807) is 12.1 Å². The molecule has 0 aliphatic carbocycles. The Hall–Kier alpha value is -5.04. The molecule has 30 heavy (non-hydrogen) atoms. The lowest BCUT2D eigenvalue weighted by Crippen LogP contribution is -1.97. The predicted octanol–water partition coefficient (Wildman–Crippen LogP) is 4.23. The zero-order valence-corrected chi connectivity index (χ0v) is 15.2. The number of furan rings is 2. The third-order valence-electron chi connectivity index (χ3n) is 5.03. The Balaban J connectivity index is 1.88. The van der Waals surface area contributed by atoms with Gasteiger partial charge in [0.15, 0.2) is 11.0 Å². The Kier molecular flexibility index (Phi) is 3.56. The summed E-state index contributed by atoms with van der Waals surface area (Å²) in [5.41, 5.74) is 1.47. The summed E-state index contributed by atoms with van der Waals surface area (Å²) in [4.78, 5) is 3.21. The molecule has 0 bridgehead atoms. The van der Waals surface area contributed by atoms with Crippen molar-refractivity contribution < 1.29 is 8.83 Å². The van der Waals surface area contributed by atoms with Gasteiger partial charge in [-0.25, -0.2) is 10.1 Å². The molecule has 0 atom stereocenters. The fourth-order valence-corrected chi connectivity index (χ4v) is 3.64. The average molecular weight is 384 g/mol. The highest BCUT2D eigenvalue weighted by Gasteiger charge is 2.10.